The Morgan fingerprint density at radius 2 is 0.870 bits per heavy atom. The van der Waals surface area contributed by atoms with E-state index in [9.17, 15) is 30.0 Å². The number of aliphatic hydroxyl groups excluding tert-OH is 6. The van der Waals surface area contributed by atoms with Crippen LogP contribution in [0.25, 0.3) is 11.0 Å². The van der Waals surface area contributed by atoms with E-state index in [0.29, 0.717) is 49.1 Å². The summed E-state index contributed by atoms with van der Waals surface area (Å²) in [6, 6.07) is 0. The molecule has 0 bridgehead atoms. The van der Waals surface area contributed by atoms with Crippen molar-refractivity contribution in [2.75, 3.05) is 98.4 Å². The zero-order valence-electron chi connectivity index (χ0n) is 25.9. The summed E-state index contributed by atoms with van der Waals surface area (Å²) in [5, 5.41) is 71.1. The van der Waals surface area contributed by atoms with Gasteiger partial charge in [0, 0.05) is 52.4 Å². The van der Waals surface area contributed by atoms with Crippen LogP contribution in [-0.2, 0) is 9.59 Å². The molecule has 4 heterocycles. The third-order valence-corrected chi connectivity index (χ3v) is 7.64. The maximum atomic E-state index is 9.77. The highest BCUT2D eigenvalue weighted by molar-refractivity contribution is 5.95. The Morgan fingerprint density at radius 1 is 0.565 bits per heavy atom. The van der Waals surface area contributed by atoms with Crippen LogP contribution in [0.1, 0.15) is 38.5 Å². The van der Waals surface area contributed by atoms with Gasteiger partial charge in [0.1, 0.15) is 11.0 Å². The van der Waals surface area contributed by atoms with E-state index in [0.717, 1.165) is 63.5 Å². The van der Waals surface area contributed by atoms with Crippen molar-refractivity contribution in [3.8, 4) is 0 Å². The monoisotopic (exact) mass is 654 g/mol. The fraction of sp³-hybridized carbons (Fsp3) is 0.714. The van der Waals surface area contributed by atoms with Crippen LogP contribution in [0.2, 0.25) is 0 Å². The molecule has 2 aromatic rings. The smallest absolute Gasteiger partial charge is 0.335 e. The first kappa shape index (κ1) is 36.8. The Balaban J connectivity index is 0.000000498. The highest BCUT2D eigenvalue weighted by Gasteiger charge is 2.30. The zero-order chi connectivity index (χ0) is 33.6. The van der Waals surface area contributed by atoms with Crippen LogP contribution in [0, 0.1) is 0 Å². The quantitative estimate of drug-likeness (QED) is 0.102. The molecule has 0 spiro atoms. The predicted octanol–water partition coefficient (Wildman–Crippen LogP) is -2.14. The van der Waals surface area contributed by atoms with Crippen LogP contribution in [0.15, 0.2) is 0 Å². The van der Waals surface area contributed by atoms with E-state index >= 15 is 0 Å². The SMILES string of the molecule is O=C(O)C(O)C(O)C(=O)O.OCCN(CCO)c1nc(N2CCCCC2)c2nc(N(CCO)CCO)nc(N3CCCCC3)c2n1. The van der Waals surface area contributed by atoms with Crippen molar-refractivity contribution >= 4 is 46.5 Å². The molecular formula is C28H46N8O10. The summed E-state index contributed by atoms with van der Waals surface area (Å²) in [7, 11) is 0. The van der Waals surface area contributed by atoms with Crippen molar-refractivity contribution in [3.05, 3.63) is 0 Å². The number of anilines is 4. The van der Waals surface area contributed by atoms with Crippen molar-refractivity contribution in [3.63, 3.8) is 0 Å². The number of hydrogen-bond donors (Lipinski definition) is 8. The van der Waals surface area contributed by atoms with Gasteiger partial charge in [0.2, 0.25) is 11.9 Å². The van der Waals surface area contributed by atoms with Gasteiger partial charge >= 0.3 is 11.9 Å². The number of hydrogen-bond acceptors (Lipinski definition) is 16. The molecule has 2 unspecified atom stereocenters. The Kier molecular flexibility index (Phi) is 14.8. The second kappa shape index (κ2) is 18.5. The maximum Gasteiger partial charge on any atom is 0.335 e. The Morgan fingerprint density at radius 3 is 1.13 bits per heavy atom. The zero-order valence-corrected chi connectivity index (χ0v) is 25.9. The summed E-state index contributed by atoms with van der Waals surface area (Å²) < 4.78 is 0. The molecule has 2 saturated heterocycles. The molecule has 2 aliphatic rings. The van der Waals surface area contributed by atoms with Crippen molar-refractivity contribution in [1.29, 1.82) is 0 Å². The van der Waals surface area contributed by atoms with Gasteiger partial charge in [-0.1, -0.05) is 0 Å². The number of aliphatic carboxylic acids is 2. The topological polar surface area (TPSA) is 260 Å². The minimum atomic E-state index is -2.27. The van der Waals surface area contributed by atoms with Gasteiger partial charge in [0.15, 0.2) is 23.8 Å². The summed E-state index contributed by atoms with van der Waals surface area (Å²) in [4.78, 5) is 47.3. The van der Waals surface area contributed by atoms with E-state index in [4.69, 9.17) is 40.4 Å². The van der Waals surface area contributed by atoms with Gasteiger partial charge in [-0.25, -0.2) is 19.6 Å². The minimum Gasteiger partial charge on any atom is -0.479 e. The van der Waals surface area contributed by atoms with Crippen molar-refractivity contribution < 1.29 is 50.4 Å². The molecule has 8 N–H and O–H groups in total. The van der Waals surface area contributed by atoms with E-state index in [1.54, 1.807) is 9.80 Å². The number of aliphatic hydroxyl groups is 6. The van der Waals surface area contributed by atoms with Crippen molar-refractivity contribution in [2.45, 2.75) is 50.7 Å². The average Bonchev–Trinajstić information content (AvgIpc) is 3.07. The van der Waals surface area contributed by atoms with Gasteiger partial charge in [-0.05, 0) is 38.5 Å². The Labute approximate surface area is 266 Å². The summed E-state index contributed by atoms with van der Waals surface area (Å²) in [5.41, 5.74) is 1.31. The number of fused-ring (bicyclic) bond motifs is 1. The van der Waals surface area contributed by atoms with Gasteiger partial charge in [0.05, 0.1) is 26.4 Å². The fourth-order valence-corrected chi connectivity index (χ4v) is 5.27. The average molecular weight is 655 g/mol. The predicted molar refractivity (Wildman–Crippen MR) is 167 cm³/mol. The van der Waals surface area contributed by atoms with E-state index < -0.39 is 24.1 Å². The summed E-state index contributed by atoms with van der Waals surface area (Å²) >= 11 is 0. The molecule has 4 rings (SSSR count). The number of rotatable bonds is 15. The lowest BCUT2D eigenvalue weighted by atomic mass is 10.1. The second-order valence-electron chi connectivity index (χ2n) is 10.9. The Bertz CT molecular complexity index is 1160. The highest BCUT2D eigenvalue weighted by atomic mass is 16.4. The van der Waals surface area contributed by atoms with Crippen LogP contribution < -0.4 is 19.6 Å². The number of nitrogens with zero attached hydrogens (tertiary/aromatic N) is 8. The molecule has 2 aromatic heterocycles. The number of piperidine rings is 2. The van der Waals surface area contributed by atoms with Gasteiger partial charge in [-0.15, -0.1) is 0 Å². The molecule has 2 atom stereocenters. The van der Waals surface area contributed by atoms with Crippen molar-refractivity contribution in [2.24, 2.45) is 0 Å². The first-order chi connectivity index (χ1) is 22.2. The maximum absolute atomic E-state index is 9.77. The van der Waals surface area contributed by atoms with Gasteiger partial charge < -0.3 is 60.5 Å². The van der Waals surface area contributed by atoms with Gasteiger partial charge in [-0.2, -0.15) is 9.97 Å². The third-order valence-electron chi connectivity index (χ3n) is 7.64. The van der Waals surface area contributed by atoms with E-state index in [1.807, 2.05) is 0 Å². The summed E-state index contributed by atoms with van der Waals surface area (Å²) in [6.07, 6.45) is 2.08. The number of carbonyl (C=O) groups is 2. The molecule has 2 fully saturated rings. The molecule has 0 amide bonds. The van der Waals surface area contributed by atoms with E-state index in [1.165, 1.54) is 12.8 Å². The van der Waals surface area contributed by atoms with Gasteiger partial charge in [0.25, 0.3) is 0 Å². The van der Waals surface area contributed by atoms with Gasteiger partial charge in [-0.3, -0.25) is 0 Å². The fourth-order valence-electron chi connectivity index (χ4n) is 5.27. The van der Waals surface area contributed by atoms with E-state index in [-0.39, 0.29) is 26.4 Å². The largest absolute Gasteiger partial charge is 0.479 e. The van der Waals surface area contributed by atoms with E-state index in [2.05, 4.69) is 9.80 Å². The normalized spacial score (nSPS) is 16.4. The lowest BCUT2D eigenvalue weighted by molar-refractivity contribution is -0.165. The molecule has 18 heteroatoms. The van der Waals surface area contributed by atoms with Crippen LogP contribution in [0.4, 0.5) is 23.5 Å². The molecule has 46 heavy (non-hydrogen) atoms. The number of aromatic nitrogens is 4. The standard InChI is InChI=1S/C24H40N8O4.C4H6O6/c33-15-11-31(12-16-34)23-26-20-19(21(27-23)29-7-3-1-4-8-29)25-24(32(13-17-35)14-18-36)28-22(20)30-9-5-2-6-10-30;5-1(3(7)8)2(6)4(9)10/h33-36H,1-18H2;1-2,5-6H,(H,7,8)(H,9,10). The lowest BCUT2D eigenvalue weighted by Crippen LogP contribution is -2.39. The Hall–Kier alpha value is -3.68. The molecule has 0 aliphatic carbocycles. The molecule has 258 valence electrons. The lowest BCUT2D eigenvalue weighted by Gasteiger charge is -2.33. The minimum absolute atomic E-state index is 0.0772. The molecular weight excluding hydrogens is 608 g/mol. The highest BCUT2D eigenvalue weighted by Crippen LogP contribution is 2.34. The second-order valence-corrected chi connectivity index (χ2v) is 10.9. The first-order valence-electron chi connectivity index (χ1n) is 15.5. The first-order valence-corrected chi connectivity index (χ1v) is 15.5. The third kappa shape index (κ3) is 9.66. The molecule has 2 aliphatic heterocycles. The number of carboxylic acid groups (broad SMARTS) is 2. The van der Waals surface area contributed by atoms with Crippen molar-refractivity contribution in [1.82, 2.24) is 19.9 Å². The van der Waals surface area contributed by atoms with Crippen LogP contribution in [-0.4, -0.2) is 164 Å². The molecule has 0 aromatic carbocycles. The molecule has 18 nitrogen and oxygen atoms in total. The van der Waals surface area contributed by atoms with Crippen LogP contribution in [0.5, 0.6) is 0 Å². The summed E-state index contributed by atoms with van der Waals surface area (Å²) in [5.74, 6) is -1.19. The van der Waals surface area contributed by atoms with Crippen LogP contribution in [0.3, 0.4) is 0 Å². The van der Waals surface area contributed by atoms with Crippen LogP contribution >= 0.6 is 0 Å². The molecule has 0 radical (unpaired) electrons. The molecule has 0 saturated carbocycles. The summed E-state index contributed by atoms with van der Waals surface area (Å²) in [6.45, 7) is 4.38. The number of carboxylic acids is 2.